The fraction of sp³-hybridized carbons (Fsp3) is 0.0667. The van der Waals surface area contributed by atoms with Crippen molar-refractivity contribution in [3.8, 4) is 0 Å². The van der Waals surface area contributed by atoms with Gasteiger partial charge in [0.1, 0.15) is 11.4 Å². The minimum absolute atomic E-state index is 0.0990. The largest absolute Gasteiger partial charge is 0.282 e. The number of hydrogen-bond donors (Lipinski definition) is 2. The highest BCUT2D eigenvalue weighted by atomic mass is 35.5. The molecule has 0 heterocycles. The van der Waals surface area contributed by atoms with E-state index < -0.39 is 28.2 Å². The first kappa shape index (κ1) is 17.4. The lowest BCUT2D eigenvalue weighted by molar-refractivity contribution is -0.385. The Morgan fingerprint density at radius 2 is 1.79 bits per heavy atom. The topological polar surface area (TPSA) is 101 Å². The number of benzene rings is 2. The van der Waals surface area contributed by atoms with Crippen LogP contribution < -0.4 is 10.9 Å². The van der Waals surface area contributed by atoms with Crippen LogP contribution in [0.15, 0.2) is 42.5 Å². The molecule has 2 aromatic carbocycles. The average molecular weight is 352 g/mol. The van der Waals surface area contributed by atoms with Crippen molar-refractivity contribution in [1.29, 1.82) is 0 Å². The Bertz CT molecular complexity index is 796. The number of nitrogens with zero attached hydrogens (tertiary/aromatic N) is 1. The predicted octanol–water partition coefficient (Wildman–Crippen LogP) is 2.39. The zero-order valence-corrected chi connectivity index (χ0v) is 12.8. The molecule has 9 heteroatoms. The van der Waals surface area contributed by atoms with Gasteiger partial charge in [0, 0.05) is 11.1 Å². The molecule has 0 aliphatic heterocycles. The third-order valence-electron chi connectivity index (χ3n) is 2.99. The molecule has 2 aromatic rings. The molecule has 0 radical (unpaired) electrons. The molecule has 124 valence electrons. The predicted molar refractivity (Wildman–Crippen MR) is 83.8 cm³/mol. The smallest absolute Gasteiger partial charge is 0.273 e. The fourth-order valence-electron chi connectivity index (χ4n) is 1.87. The molecule has 2 rings (SSSR count). The van der Waals surface area contributed by atoms with Crippen molar-refractivity contribution in [3.63, 3.8) is 0 Å². The van der Waals surface area contributed by atoms with Gasteiger partial charge in [0.2, 0.25) is 5.91 Å². The molecule has 0 unspecified atom stereocenters. The Kier molecular flexibility index (Phi) is 5.43. The monoisotopic (exact) mass is 351 g/mol. The molecule has 2 N–H and O–H groups in total. The van der Waals surface area contributed by atoms with Gasteiger partial charge >= 0.3 is 0 Å². The maximum atomic E-state index is 12.8. The third kappa shape index (κ3) is 4.50. The van der Waals surface area contributed by atoms with E-state index in [1.807, 2.05) is 0 Å². The molecule has 0 bridgehead atoms. The molecule has 24 heavy (non-hydrogen) atoms. The number of nitrogens with one attached hydrogen (secondary N) is 2. The highest BCUT2D eigenvalue weighted by molar-refractivity contribution is 6.31. The minimum atomic E-state index is -0.878. The van der Waals surface area contributed by atoms with E-state index in [2.05, 4.69) is 10.9 Å². The van der Waals surface area contributed by atoms with Crippen molar-refractivity contribution in [2.24, 2.45) is 0 Å². The Hall–Kier alpha value is -3.00. The average Bonchev–Trinajstić information content (AvgIpc) is 2.54. The SMILES string of the molecule is O=C(Cc1ccc(F)cc1)NNC(=O)c1cc(Cl)ccc1[N+](=O)[O-]. The maximum Gasteiger partial charge on any atom is 0.282 e. The number of rotatable bonds is 4. The number of halogens is 2. The van der Waals surface area contributed by atoms with Crippen LogP contribution in [0.4, 0.5) is 10.1 Å². The summed E-state index contributed by atoms with van der Waals surface area (Å²) >= 11 is 5.73. The van der Waals surface area contributed by atoms with Gasteiger partial charge in [-0.05, 0) is 29.8 Å². The van der Waals surface area contributed by atoms with E-state index in [1.165, 1.54) is 30.3 Å². The number of hydrogen-bond acceptors (Lipinski definition) is 4. The second kappa shape index (κ2) is 7.51. The molecular formula is C15H11ClFN3O4. The summed E-state index contributed by atoms with van der Waals surface area (Å²) in [6.45, 7) is 0. The van der Waals surface area contributed by atoms with Crippen molar-refractivity contribution in [3.05, 3.63) is 74.5 Å². The Balaban J connectivity index is 2.00. The third-order valence-corrected chi connectivity index (χ3v) is 3.23. The molecular weight excluding hydrogens is 341 g/mol. The Morgan fingerprint density at radius 1 is 1.12 bits per heavy atom. The molecule has 0 fully saturated rings. The van der Waals surface area contributed by atoms with E-state index in [4.69, 9.17) is 11.6 Å². The first-order valence-electron chi connectivity index (χ1n) is 6.64. The highest BCUT2D eigenvalue weighted by Crippen LogP contribution is 2.22. The van der Waals surface area contributed by atoms with Gasteiger partial charge in [0.15, 0.2) is 0 Å². The van der Waals surface area contributed by atoms with Crippen LogP contribution in [-0.2, 0) is 11.2 Å². The van der Waals surface area contributed by atoms with Crippen LogP contribution >= 0.6 is 11.6 Å². The maximum absolute atomic E-state index is 12.8. The van der Waals surface area contributed by atoms with Crippen LogP contribution in [0, 0.1) is 15.9 Å². The second-order valence-corrected chi connectivity index (χ2v) is 5.16. The minimum Gasteiger partial charge on any atom is -0.273 e. The van der Waals surface area contributed by atoms with Crippen molar-refractivity contribution in [1.82, 2.24) is 10.9 Å². The van der Waals surface area contributed by atoms with Gasteiger partial charge in [-0.1, -0.05) is 23.7 Å². The van der Waals surface area contributed by atoms with E-state index in [-0.39, 0.29) is 17.0 Å². The first-order valence-corrected chi connectivity index (χ1v) is 7.02. The molecule has 0 aliphatic carbocycles. The van der Waals surface area contributed by atoms with Crippen LogP contribution in [0.25, 0.3) is 0 Å². The normalized spacial score (nSPS) is 10.1. The Labute approximate surface area is 140 Å². The molecule has 0 saturated carbocycles. The van der Waals surface area contributed by atoms with Crippen molar-refractivity contribution >= 4 is 29.1 Å². The van der Waals surface area contributed by atoms with Gasteiger partial charge in [-0.25, -0.2) is 4.39 Å². The lowest BCUT2D eigenvalue weighted by Gasteiger charge is -2.08. The van der Waals surface area contributed by atoms with E-state index in [0.29, 0.717) is 5.56 Å². The summed E-state index contributed by atoms with van der Waals surface area (Å²) in [4.78, 5) is 33.9. The summed E-state index contributed by atoms with van der Waals surface area (Å²) in [5.74, 6) is -1.88. The fourth-order valence-corrected chi connectivity index (χ4v) is 2.05. The number of hydrazine groups is 1. The summed E-state index contributed by atoms with van der Waals surface area (Å²) in [7, 11) is 0. The summed E-state index contributed by atoms with van der Waals surface area (Å²) in [5, 5.41) is 11.1. The summed E-state index contributed by atoms with van der Waals surface area (Å²) in [5.41, 5.74) is 4.02. The van der Waals surface area contributed by atoms with Crippen molar-refractivity contribution < 1.29 is 18.9 Å². The number of amides is 2. The van der Waals surface area contributed by atoms with Gasteiger partial charge in [-0.2, -0.15) is 0 Å². The van der Waals surface area contributed by atoms with Gasteiger partial charge in [0.25, 0.3) is 11.6 Å². The standard InChI is InChI=1S/C15H11ClFN3O4/c16-10-3-6-13(20(23)24)12(8-10)15(22)19-18-14(21)7-9-1-4-11(17)5-2-9/h1-6,8H,7H2,(H,18,21)(H,19,22). The van der Waals surface area contributed by atoms with E-state index >= 15 is 0 Å². The zero-order valence-electron chi connectivity index (χ0n) is 12.1. The van der Waals surface area contributed by atoms with Crippen molar-refractivity contribution in [2.75, 3.05) is 0 Å². The van der Waals surface area contributed by atoms with E-state index in [0.717, 1.165) is 12.1 Å². The molecule has 0 aliphatic rings. The summed E-state index contributed by atoms with van der Waals surface area (Å²) in [6.07, 6.45) is -0.0990. The van der Waals surface area contributed by atoms with E-state index in [1.54, 1.807) is 0 Å². The highest BCUT2D eigenvalue weighted by Gasteiger charge is 2.20. The lowest BCUT2D eigenvalue weighted by Crippen LogP contribution is -2.42. The quantitative estimate of drug-likeness (QED) is 0.652. The van der Waals surface area contributed by atoms with Crippen molar-refractivity contribution in [2.45, 2.75) is 6.42 Å². The molecule has 0 aromatic heterocycles. The summed E-state index contributed by atoms with van der Waals surface area (Å²) in [6, 6.07) is 8.77. The van der Waals surface area contributed by atoms with Crippen LogP contribution in [0.3, 0.4) is 0 Å². The molecule has 0 spiro atoms. The number of nitro groups is 1. The second-order valence-electron chi connectivity index (χ2n) is 4.72. The first-order chi connectivity index (χ1) is 11.4. The molecule has 2 amide bonds. The van der Waals surface area contributed by atoms with Gasteiger partial charge in [0.05, 0.1) is 11.3 Å². The molecule has 7 nitrogen and oxygen atoms in total. The Morgan fingerprint density at radius 3 is 2.42 bits per heavy atom. The number of carbonyl (C=O) groups is 2. The molecule has 0 atom stereocenters. The van der Waals surface area contributed by atoms with E-state index in [9.17, 15) is 24.1 Å². The van der Waals surface area contributed by atoms with Crippen LogP contribution in [-0.4, -0.2) is 16.7 Å². The van der Waals surface area contributed by atoms with Gasteiger partial charge in [-0.15, -0.1) is 0 Å². The van der Waals surface area contributed by atoms with Gasteiger partial charge < -0.3 is 0 Å². The van der Waals surface area contributed by atoms with Crippen LogP contribution in [0.5, 0.6) is 0 Å². The van der Waals surface area contributed by atoms with Crippen LogP contribution in [0.1, 0.15) is 15.9 Å². The summed E-state index contributed by atoms with van der Waals surface area (Å²) < 4.78 is 12.8. The lowest BCUT2D eigenvalue weighted by atomic mass is 10.1. The number of nitro benzene ring substituents is 1. The molecule has 0 saturated heterocycles. The van der Waals surface area contributed by atoms with Gasteiger partial charge in [-0.3, -0.25) is 30.6 Å². The zero-order chi connectivity index (χ0) is 17.7. The van der Waals surface area contributed by atoms with Crippen LogP contribution in [0.2, 0.25) is 5.02 Å². The number of carbonyl (C=O) groups excluding carboxylic acids is 2.